The summed E-state index contributed by atoms with van der Waals surface area (Å²) < 4.78 is 30.2. The summed E-state index contributed by atoms with van der Waals surface area (Å²) in [7, 11) is -3.27. The first-order chi connectivity index (χ1) is 11.8. The van der Waals surface area contributed by atoms with Gasteiger partial charge >= 0.3 is 0 Å². The zero-order valence-electron chi connectivity index (χ0n) is 14.6. The van der Waals surface area contributed by atoms with E-state index in [1.54, 1.807) is 17.0 Å². The normalized spacial score (nSPS) is 16.2. The summed E-state index contributed by atoms with van der Waals surface area (Å²) >= 11 is 0. The maximum absolute atomic E-state index is 12.7. The highest BCUT2D eigenvalue weighted by atomic mass is 32.2. The molecule has 0 atom stereocenters. The Labute approximate surface area is 148 Å². The van der Waals surface area contributed by atoms with Crippen molar-refractivity contribution < 1.29 is 17.6 Å². The Morgan fingerprint density at radius 2 is 1.80 bits per heavy atom. The quantitative estimate of drug-likeness (QED) is 0.839. The molecule has 6 heteroatoms. The van der Waals surface area contributed by atoms with Crippen molar-refractivity contribution in [1.29, 1.82) is 0 Å². The van der Waals surface area contributed by atoms with Gasteiger partial charge in [0, 0.05) is 18.7 Å². The van der Waals surface area contributed by atoms with Gasteiger partial charge in [-0.2, -0.15) is 0 Å². The van der Waals surface area contributed by atoms with E-state index in [2.05, 4.69) is 0 Å². The van der Waals surface area contributed by atoms with Crippen molar-refractivity contribution in [2.24, 2.45) is 0 Å². The van der Waals surface area contributed by atoms with Crippen LogP contribution in [0.3, 0.4) is 0 Å². The van der Waals surface area contributed by atoms with Crippen LogP contribution in [0.15, 0.2) is 41.0 Å². The van der Waals surface area contributed by atoms with Crippen LogP contribution in [-0.2, 0) is 15.6 Å². The molecule has 0 bridgehead atoms. The molecule has 1 aromatic carbocycles. The van der Waals surface area contributed by atoms with E-state index in [4.69, 9.17) is 4.42 Å². The van der Waals surface area contributed by atoms with Crippen LogP contribution in [0.2, 0.25) is 0 Å². The molecule has 1 amide bonds. The minimum Gasteiger partial charge on any atom is -0.468 e. The molecule has 2 aromatic rings. The lowest BCUT2D eigenvalue weighted by molar-refractivity contribution is 0.0725. The van der Waals surface area contributed by atoms with E-state index in [-0.39, 0.29) is 11.7 Å². The average Bonchev–Trinajstić information content (AvgIpc) is 3.05. The number of benzene rings is 1. The van der Waals surface area contributed by atoms with E-state index in [1.807, 2.05) is 32.0 Å². The molecule has 1 saturated heterocycles. The predicted octanol–water partition coefficient (Wildman–Crippen LogP) is 3.12. The molecule has 2 heterocycles. The summed E-state index contributed by atoms with van der Waals surface area (Å²) in [5.41, 5.74) is 2.79. The summed E-state index contributed by atoms with van der Waals surface area (Å²) in [6.07, 6.45) is 2.43. The number of nitrogens with zero attached hydrogens (tertiary/aromatic N) is 1. The Hall–Kier alpha value is -2.08. The predicted molar refractivity (Wildman–Crippen MR) is 96.2 cm³/mol. The number of piperidine rings is 1. The number of hydrogen-bond acceptors (Lipinski definition) is 4. The van der Waals surface area contributed by atoms with Crippen LogP contribution in [0.4, 0.5) is 0 Å². The first kappa shape index (κ1) is 17.7. The highest BCUT2D eigenvalue weighted by Gasteiger charge is 2.32. The molecular formula is C19H23NO4S. The van der Waals surface area contributed by atoms with Gasteiger partial charge < -0.3 is 9.32 Å². The molecule has 1 aliphatic heterocycles. The van der Waals surface area contributed by atoms with Crippen molar-refractivity contribution in [2.75, 3.05) is 13.1 Å². The number of likely N-dealkylation sites (tertiary alicyclic amines) is 1. The Balaban J connectivity index is 1.64. The summed E-state index contributed by atoms with van der Waals surface area (Å²) in [5.74, 6) is 0.373. The van der Waals surface area contributed by atoms with E-state index in [0.29, 0.717) is 37.3 Å². The van der Waals surface area contributed by atoms with Crippen molar-refractivity contribution in [3.05, 3.63) is 59.0 Å². The van der Waals surface area contributed by atoms with Gasteiger partial charge in [-0.3, -0.25) is 4.79 Å². The van der Waals surface area contributed by atoms with Crippen molar-refractivity contribution in [3.63, 3.8) is 0 Å². The van der Waals surface area contributed by atoms with E-state index in [9.17, 15) is 13.2 Å². The minimum absolute atomic E-state index is 0.0197. The maximum Gasteiger partial charge on any atom is 0.253 e. The lowest BCUT2D eigenvalue weighted by Gasteiger charge is -2.31. The monoisotopic (exact) mass is 361 g/mol. The maximum atomic E-state index is 12.7. The molecule has 0 aliphatic carbocycles. The SMILES string of the molecule is Cc1cc(C)cc(C(=O)N2CCC(S(=O)(=O)Cc3ccco3)CC2)c1. The van der Waals surface area contributed by atoms with Gasteiger partial charge in [0.15, 0.2) is 9.84 Å². The third kappa shape index (κ3) is 4.12. The zero-order valence-corrected chi connectivity index (χ0v) is 15.4. The van der Waals surface area contributed by atoms with Crippen molar-refractivity contribution >= 4 is 15.7 Å². The first-order valence-corrected chi connectivity index (χ1v) is 10.2. The lowest BCUT2D eigenvalue weighted by atomic mass is 10.0. The van der Waals surface area contributed by atoms with E-state index >= 15 is 0 Å². The number of rotatable bonds is 4. The first-order valence-electron chi connectivity index (χ1n) is 8.47. The smallest absolute Gasteiger partial charge is 0.253 e. The van der Waals surface area contributed by atoms with E-state index < -0.39 is 15.1 Å². The largest absolute Gasteiger partial charge is 0.468 e. The van der Waals surface area contributed by atoms with Crippen LogP contribution in [0.25, 0.3) is 0 Å². The van der Waals surface area contributed by atoms with E-state index in [0.717, 1.165) is 11.1 Å². The fourth-order valence-corrected chi connectivity index (χ4v) is 5.14. The minimum atomic E-state index is -3.27. The molecule has 1 aromatic heterocycles. The number of hydrogen-bond donors (Lipinski definition) is 0. The second-order valence-corrected chi connectivity index (χ2v) is 9.04. The fourth-order valence-electron chi connectivity index (χ4n) is 3.41. The Morgan fingerprint density at radius 3 is 2.36 bits per heavy atom. The summed E-state index contributed by atoms with van der Waals surface area (Å²) in [6, 6.07) is 9.17. The lowest BCUT2D eigenvalue weighted by Crippen LogP contribution is -2.42. The number of carbonyl (C=O) groups excluding carboxylic acids is 1. The third-order valence-electron chi connectivity index (χ3n) is 4.63. The molecule has 1 fully saturated rings. The van der Waals surface area contributed by atoms with Crippen LogP contribution < -0.4 is 0 Å². The molecule has 0 unspecified atom stereocenters. The van der Waals surface area contributed by atoms with Gasteiger partial charge in [-0.05, 0) is 51.0 Å². The van der Waals surface area contributed by atoms with Crippen molar-refractivity contribution in [3.8, 4) is 0 Å². The summed E-state index contributed by atoms with van der Waals surface area (Å²) in [5, 5.41) is -0.416. The number of amides is 1. The molecule has 5 nitrogen and oxygen atoms in total. The van der Waals surface area contributed by atoms with Crippen LogP contribution in [0.5, 0.6) is 0 Å². The highest BCUT2D eigenvalue weighted by Crippen LogP contribution is 2.23. The number of furan rings is 1. The third-order valence-corrected chi connectivity index (χ3v) is 6.80. The van der Waals surface area contributed by atoms with Gasteiger partial charge in [0.05, 0.1) is 11.5 Å². The van der Waals surface area contributed by atoms with E-state index in [1.165, 1.54) is 6.26 Å². The highest BCUT2D eigenvalue weighted by molar-refractivity contribution is 7.91. The average molecular weight is 361 g/mol. The zero-order chi connectivity index (χ0) is 18.0. The van der Waals surface area contributed by atoms with Crippen molar-refractivity contribution in [2.45, 2.75) is 37.7 Å². The number of sulfone groups is 1. The second-order valence-electron chi connectivity index (χ2n) is 6.75. The standard InChI is InChI=1S/C19H23NO4S/c1-14-10-15(2)12-16(11-14)19(21)20-7-5-18(6-8-20)25(22,23)13-17-4-3-9-24-17/h3-4,9-12,18H,5-8,13H2,1-2H3. The van der Waals surface area contributed by atoms with Gasteiger partial charge in [-0.15, -0.1) is 0 Å². The molecule has 0 saturated carbocycles. The van der Waals surface area contributed by atoms with Crippen LogP contribution in [-0.4, -0.2) is 37.6 Å². The molecule has 0 spiro atoms. The van der Waals surface area contributed by atoms with Crippen LogP contribution in [0.1, 0.15) is 40.1 Å². The second kappa shape index (κ2) is 7.04. The topological polar surface area (TPSA) is 67.6 Å². The van der Waals surface area contributed by atoms with Gasteiger partial charge in [-0.25, -0.2) is 8.42 Å². The molecular weight excluding hydrogens is 338 g/mol. The van der Waals surface area contributed by atoms with Crippen molar-refractivity contribution in [1.82, 2.24) is 4.90 Å². The van der Waals surface area contributed by atoms with Gasteiger partial charge in [0.1, 0.15) is 11.5 Å². The molecule has 25 heavy (non-hydrogen) atoms. The Kier molecular flexibility index (Phi) is 4.99. The molecule has 0 N–H and O–H groups in total. The molecule has 3 rings (SSSR count). The Morgan fingerprint density at radius 1 is 1.16 bits per heavy atom. The van der Waals surface area contributed by atoms with Crippen LogP contribution >= 0.6 is 0 Å². The fraction of sp³-hybridized carbons (Fsp3) is 0.421. The Bertz CT molecular complexity index is 827. The summed E-state index contributed by atoms with van der Waals surface area (Å²) in [4.78, 5) is 14.4. The van der Waals surface area contributed by atoms with Crippen LogP contribution in [0, 0.1) is 13.8 Å². The van der Waals surface area contributed by atoms with Gasteiger partial charge in [0.2, 0.25) is 0 Å². The van der Waals surface area contributed by atoms with Gasteiger partial charge in [0.25, 0.3) is 5.91 Å². The number of aryl methyl sites for hydroxylation is 2. The van der Waals surface area contributed by atoms with Gasteiger partial charge in [-0.1, -0.05) is 17.2 Å². The molecule has 1 aliphatic rings. The molecule has 134 valence electrons. The summed E-state index contributed by atoms with van der Waals surface area (Å²) in [6.45, 7) is 4.87. The molecule has 0 radical (unpaired) electrons. The number of carbonyl (C=O) groups is 1.